The lowest BCUT2D eigenvalue weighted by Crippen LogP contribution is -1.94. The third kappa shape index (κ3) is 8.93. The molecule has 0 aliphatic heterocycles. The summed E-state index contributed by atoms with van der Waals surface area (Å²) in [5.41, 5.74) is 23.2. The summed E-state index contributed by atoms with van der Waals surface area (Å²) in [6.45, 7) is 2.13. The fraction of sp³-hybridized carbons (Fsp3) is 0.0132. The summed E-state index contributed by atoms with van der Waals surface area (Å²) in [4.78, 5) is 14.2. The smallest absolute Gasteiger partial charge is 0.0704 e. The van der Waals surface area contributed by atoms with E-state index in [0.29, 0.717) is 0 Å². The number of pyridine rings is 3. The van der Waals surface area contributed by atoms with E-state index in [1.807, 2.05) is 42.9 Å². The van der Waals surface area contributed by atoms with Gasteiger partial charge in [-0.2, -0.15) is 0 Å². The Labute approximate surface area is 460 Å². The van der Waals surface area contributed by atoms with Crippen LogP contribution >= 0.6 is 0 Å². The number of aromatic nitrogens is 3. The first kappa shape index (κ1) is 47.1. The van der Waals surface area contributed by atoms with Crippen molar-refractivity contribution >= 4 is 32.3 Å². The van der Waals surface area contributed by atoms with Crippen molar-refractivity contribution in [2.75, 3.05) is 0 Å². The summed E-state index contributed by atoms with van der Waals surface area (Å²) < 4.78 is 0. The number of hydrogen-bond donors (Lipinski definition) is 0. The molecule has 0 amide bonds. The van der Waals surface area contributed by atoms with E-state index in [2.05, 4.69) is 266 Å². The minimum atomic E-state index is 0.950. The van der Waals surface area contributed by atoms with Gasteiger partial charge in [0.05, 0.1) is 17.1 Å². The summed E-state index contributed by atoms with van der Waals surface area (Å²) in [6, 6.07) is 99.3. The maximum atomic E-state index is 4.90. The van der Waals surface area contributed by atoms with Crippen LogP contribution in [0.1, 0.15) is 5.56 Å². The first-order chi connectivity index (χ1) is 39.1. The minimum Gasteiger partial charge on any atom is -0.256 e. The highest BCUT2D eigenvalue weighted by molar-refractivity contribution is 6.26. The predicted molar refractivity (Wildman–Crippen MR) is 331 cm³/mol. The number of aryl methyl sites for hydroxylation is 1. The van der Waals surface area contributed by atoms with Crippen LogP contribution in [0.3, 0.4) is 0 Å². The third-order valence-corrected chi connectivity index (χ3v) is 15.5. The van der Waals surface area contributed by atoms with E-state index >= 15 is 0 Å². The first-order valence-electron chi connectivity index (χ1n) is 27.0. The fourth-order valence-corrected chi connectivity index (χ4v) is 11.7. The Morgan fingerprint density at radius 1 is 0.190 bits per heavy atom. The van der Waals surface area contributed by atoms with E-state index in [1.54, 1.807) is 0 Å². The highest BCUT2D eigenvalue weighted by Crippen LogP contribution is 2.46. The van der Waals surface area contributed by atoms with Gasteiger partial charge in [-0.25, -0.2) is 0 Å². The molecule has 370 valence electrons. The second kappa shape index (κ2) is 20.3. The molecule has 0 aliphatic rings. The standard InChI is InChI=1S/C76H51N3/c1-50-40-43-79-76(44-50)56-37-39-70(72(49-56)55-36-38-71-68-24-9-8-22-66(68)67-23-10-11-25-69(67)73(71)48-55)65-21-7-6-20-64(65)59-46-57(62-18-4-2-16-60(62)51-28-32-53(33-29-51)74-26-12-14-41-77-74)45-58(47-59)63-19-5-3-17-61(63)52-30-34-54(35-31-52)75-27-13-15-42-78-75/h2-49H,1H3. The summed E-state index contributed by atoms with van der Waals surface area (Å²) in [5.74, 6) is 0. The van der Waals surface area contributed by atoms with Crippen molar-refractivity contribution in [1.82, 2.24) is 15.0 Å². The summed E-state index contributed by atoms with van der Waals surface area (Å²) in [5, 5.41) is 7.51. The molecular formula is C76H51N3. The van der Waals surface area contributed by atoms with Crippen LogP contribution in [0.25, 0.3) is 144 Å². The van der Waals surface area contributed by atoms with Crippen LogP contribution in [-0.2, 0) is 0 Å². The van der Waals surface area contributed by atoms with E-state index in [0.717, 1.165) is 112 Å². The average molecular weight is 1010 g/mol. The third-order valence-electron chi connectivity index (χ3n) is 15.5. The van der Waals surface area contributed by atoms with Crippen molar-refractivity contribution in [2.45, 2.75) is 6.92 Å². The predicted octanol–water partition coefficient (Wildman–Crippen LogP) is 20.3. The number of hydrogen-bond acceptors (Lipinski definition) is 3. The average Bonchev–Trinajstić information content (AvgIpc) is 3.58. The van der Waals surface area contributed by atoms with Gasteiger partial charge in [-0.05, 0) is 189 Å². The second-order valence-corrected chi connectivity index (χ2v) is 20.4. The van der Waals surface area contributed by atoms with Crippen molar-refractivity contribution in [3.8, 4) is 112 Å². The van der Waals surface area contributed by atoms with Crippen molar-refractivity contribution in [3.63, 3.8) is 0 Å². The largest absolute Gasteiger partial charge is 0.256 e. The molecule has 3 heteroatoms. The minimum absolute atomic E-state index is 0.950. The van der Waals surface area contributed by atoms with Gasteiger partial charge < -0.3 is 0 Å². The molecule has 11 aromatic carbocycles. The van der Waals surface area contributed by atoms with E-state index in [9.17, 15) is 0 Å². The summed E-state index contributed by atoms with van der Waals surface area (Å²) >= 11 is 0. The van der Waals surface area contributed by atoms with Crippen LogP contribution in [0.2, 0.25) is 0 Å². The molecular weight excluding hydrogens is 955 g/mol. The summed E-state index contributed by atoms with van der Waals surface area (Å²) in [7, 11) is 0. The fourth-order valence-electron chi connectivity index (χ4n) is 11.7. The Balaban J connectivity index is 0.973. The molecule has 0 bridgehead atoms. The van der Waals surface area contributed by atoms with Crippen molar-refractivity contribution < 1.29 is 0 Å². The zero-order chi connectivity index (χ0) is 52.7. The van der Waals surface area contributed by atoms with E-state index < -0.39 is 0 Å². The lowest BCUT2D eigenvalue weighted by molar-refractivity contribution is 1.29. The Morgan fingerprint density at radius 2 is 0.557 bits per heavy atom. The molecule has 3 nitrogen and oxygen atoms in total. The molecule has 0 fully saturated rings. The normalized spacial score (nSPS) is 11.4. The Kier molecular flexibility index (Phi) is 12.1. The molecule has 0 unspecified atom stereocenters. The number of benzene rings is 11. The molecule has 0 N–H and O–H groups in total. The van der Waals surface area contributed by atoms with Crippen molar-refractivity contribution in [3.05, 3.63) is 297 Å². The van der Waals surface area contributed by atoms with Crippen LogP contribution in [0.4, 0.5) is 0 Å². The molecule has 14 rings (SSSR count). The quantitative estimate of drug-likeness (QED) is 0.128. The molecule has 3 heterocycles. The monoisotopic (exact) mass is 1010 g/mol. The number of rotatable bonds is 10. The van der Waals surface area contributed by atoms with Crippen LogP contribution < -0.4 is 0 Å². The maximum Gasteiger partial charge on any atom is 0.0704 e. The zero-order valence-corrected chi connectivity index (χ0v) is 43.6. The highest BCUT2D eigenvalue weighted by Gasteiger charge is 2.20. The molecule has 0 atom stereocenters. The van der Waals surface area contributed by atoms with Gasteiger partial charge in [0.2, 0.25) is 0 Å². The van der Waals surface area contributed by atoms with Gasteiger partial charge in [0.15, 0.2) is 0 Å². The lowest BCUT2D eigenvalue weighted by Gasteiger charge is -2.20. The zero-order valence-electron chi connectivity index (χ0n) is 43.6. The molecule has 3 aromatic heterocycles. The Morgan fingerprint density at radius 3 is 1.04 bits per heavy atom. The van der Waals surface area contributed by atoms with Gasteiger partial charge in [0, 0.05) is 35.3 Å². The Hall–Kier alpha value is -10.4. The SMILES string of the molecule is Cc1ccnc(-c2ccc(-c3ccccc3-c3cc(-c4ccccc4-c4ccc(-c5ccccn5)cc4)cc(-c4ccccc4-c4ccc(-c5ccccn5)cc4)c3)c(-c3ccc4c5ccccc5c5ccccc5c4c3)c2)c1. The molecule has 0 radical (unpaired) electrons. The Bertz CT molecular complexity index is 4400. The van der Waals surface area contributed by atoms with Gasteiger partial charge in [-0.3, -0.25) is 15.0 Å². The molecule has 14 aromatic rings. The second-order valence-electron chi connectivity index (χ2n) is 20.4. The lowest BCUT2D eigenvalue weighted by atomic mass is 9.84. The van der Waals surface area contributed by atoms with Gasteiger partial charge in [0.1, 0.15) is 0 Å². The molecule has 0 saturated carbocycles. The van der Waals surface area contributed by atoms with Crippen molar-refractivity contribution in [2.24, 2.45) is 0 Å². The first-order valence-corrected chi connectivity index (χ1v) is 27.0. The van der Waals surface area contributed by atoms with Crippen LogP contribution in [0, 0.1) is 6.92 Å². The van der Waals surface area contributed by atoms with Gasteiger partial charge in [0.25, 0.3) is 0 Å². The molecule has 0 aliphatic carbocycles. The van der Waals surface area contributed by atoms with E-state index in [1.165, 1.54) is 37.9 Å². The maximum absolute atomic E-state index is 4.90. The van der Waals surface area contributed by atoms with Crippen LogP contribution in [0.15, 0.2) is 292 Å². The topological polar surface area (TPSA) is 38.7 Å². The summed E-state index contributed by atoms with van der Waals surface area (Å²) in [6.07, 6.45) is 5.61. The molecule has 79 heavy (non-hydrogen) atoms. The van der Waals surface area contributed by atoms with Gasteiger partial charge in [-0.15, -0.1) is 0 Å². The number of nitrogens with zero attached hydrogens (tertiary/aromatic N) is 3. The van der Waals surface area contributed by atoms with E-state index in [-0.39, 0.29) is 0 Å². The van der Waals surface area contributed by atoms with Gasteiger partial charge in [-0.1, -0.05) is 206 Å². The van der Waals surface area contributed by atoms with Gasteiger partial charge >= 0.3 is 0 Å². The van der Waals surface area contributed by atoms with Crippen LogP contribution in [0.5, 0.6) is 0 Å². The molecule has 0 saturated heterocycles. The molecule has 0 spiro atoms. The number of fused-ring (bicyclic) bond motifs is 6. The van der Waals surface area contributed by atoms with Crippen LogP contribution in [-0.4, -0.2) is 15.0 Å². The van der Waals surface area contributed by atoms with Crippen molar-refractivity contribution in [1.29, 1.82) is 0 Å². The highest BCUT2D eigenvalue weighted by atomic mass is 14.7. The van der Waals surface area contributed by atoms with E-state index in [4.69, 9.17) is 4.98 Å².